The molecule has 0 spiro atoms. The summed E-state index contributed by atoms with van der Waals surface area (Å²) in [5.41, 5.74) is 0.242. The van der Waals surface area contributed by atoms with Gasteiger partial charge in [-0.05, 0) is 37.1 Å². The highest BCUT2D eigenvalue weighted by molar-refractivity contribution is 6.30. The molecule has 0 saturated carbocycles. The second-order valence-electron chi connectivity index (χ2n) is 5.77. The zero-order valence-corrected chi connectivity index (χ0v) is 14.2. The van der Waals surface area contributed by atoms with E-state index >= 15 is 0 Å². The molecular weight excluding hydrogens is 344 g/mol. The Labute approximate surface area is 149 Å². The van der Waals surface area contributed by atoms with Crippen LogP contribution in [0.4, 0.5) is 5.69 Å². The highest BCUT2D eigenvalue weighted by Gasteiger charge is 2.21. The Morgan fingerprint density at radius 1 is 1.16 bits per heavy atom. The Morgan fingerprint density at radius 3 is 2.64 bits per heavy atom. The molecule has 8 heteroatoms. The summed E-state index contributed by atoms with van der Waals surface area (Å²) in [6, 6.07) is 9.34. The van der Waals surface area contributed by atoms with Gasteiger partial charge in [-0.25, -0.2) is 4.68 Å². The van der Waals surface area contributed by atoms with Crippen LogP contribution < -0.4 is 10.9 Å². The minimum Gasteiger partial charge on any atom is -0.337 e. The van der Waals surface area contributed by atoms with Crippen molar-refractivity contribution < 1.29 is 9.59 Å². The molecule has 1 aromatic carbocycles. The summed E-state index contributed by atoms with van der Waals surface area (Å²) in [7, 11) is 0. The number of anilines is 1. The molecule has 3 rings (SSSR count). The number of aromatic nitrogens is 2. The smallest absolute Gasteiger partial charge is 0.274 e. The van der Waals surface area contributed by atoms with Crippen LogP contribution in [0.1, 0.15) is 23.3 Å². The number of hydrogen-bond acceptors (Lipinski definition) is 4. The van der Waals surface area contributed by atoms with Crippen molar-refractivity contribution in [2.24, 2.45) is 0 Å². The van der Waals surface area contributed by atoms with E-state index in [4.69, 9.17) is 11.6 Å². The van der Waals surface area contributed by atoms with Gasteiger partial charge in [-0.1, -0.05) is 17.7 Å². The van der Waals surface area contributed by atoms with Crippen LogP contribution in [0.15, 0.2) is 41.2 Å². The molecule has 0 radical (unpaired) electrons. The average molecular weight is 361 g/mol. The molecule has 2 amide bonds. The van der Waals surface area contributed by atoms with Gasteiger partial charge in [0.15, 0.2) is 0 Å². The summed E-state index contributed by atoms with van der Waals surface area (Å²) in [6.45, 7) is 1.09. The first kappa shape index (κ1) is 17.2. The Kier molecular flexibility index (Phi) is 5.14. The third-order valence-electron chi connectivity index (χ3n) is 3.88. The first-order valence-corrected chi connectivity index (χ1v) is 8.33. The molecule has 0 atom stereocenters. The molecule has 25 heavy (non-hydrogen) atoms. The molecule has 1 aliphatic rings. The zero-order valence-electron chi connectivity index (χ0n) is 13.4. The fraction of sp³-hybridized carbons (Fsp3) is 0.294. The van der Waals surface area contributed by atoms with Gasteiger partial charge in [-0.3, -0.25) is 14.4 Å². The molecule has 2 heterocycles. The van der Waals surface area contributed by atoms with Crippen LogP contribution in [0.25, 0.3) is 0 Å². The van der Waals surface area contributed by atoms with Crippen LogP contribution in [0.2, 0.25) is 5.02 Å². The first-order chi connectivity index (χ1) is 12.0. The Morgan fingerprint density at radius 2 is 1.92 bits per heavy atom. The lowest BCUT2D eigenvalue weighted by Gasteiger charge is -2.15. The van der Waals surface area contributed by atoms with Gasteiger partial charge >= 0.3 is 0 Å². The van der Waals surface area contributed by atoms with Crippen molar-refractivity contribution in [1.29, 1.82) is 0 Å². The lowest BCUT2D eigenvalue weighted by Crippen LogP contribution is -2.34. The molecule has 1 saturated heterocycles. The highest BCUT2D eigenvalue weighted by atomic mass is 35.5. The standard InChI is InChI=1S/C17H17ClN4O3/c18-12-4-3-5-13(10-12)19-15(23)11-22-16(24)7-6-14(20-22)17(25)21-8-1-2-9-21/h3-7,10H,1-2,8-9,11H2,(H,19,23). The average Bonchev–Trinajstić information content (AvgIpc) is 3.10. The first-order valence-electron chi connectivity index (χ1n) is 7.96. The van der Waals surface area contributed by atoms with Crippen LogP contribution >= 0.6 is 11.6 Å². The van der Waals surface area contributed by atoms with Crippen molar-refractivity contribution in [2.45, 2.75) is 19.4 Å². The Hall–Kier alpha value is -2.67. The number of likely N-dealkylation sites (tertiary alicyclic amines) is 1. The zero-order chi connectivity index (χ0) is 17.8. The molecule has 1 fully saturated rings. The van der Waals surface area contributed by atoms with Crippen molar-refractivity contribution in [3.05, 3.63) is 57.5 Å². The number of amides is 2. The van der Waals surface area contributed by atoms with Gasteiger partial charge in [0.1, 0.15) is 12.2 Å². The summed E-state index contributed by atoms with van der Waals surface area (Å²) >= 11 is 5.87. The predicted molar refractivity (Wildman–Crippen MR) is 93.7 cm³/mol. The van der Waals surface area contributed by atoms with Gasteiger partial charge in [-0.2, -0.15) is 5.10 Å². The molecule has 1 aromatic heterocycles. The highest BCUT2D eigenvalue weighted by Crippen LogP contribution is 2.15. The largest absolute Gasteiger partial charge is 0.337 e. The molecule has 1 aliphatic heterocycles. The van der Waals surface area contributed by atoms with Crippen LogP contribution in [-0.4, -0.2) is 39.6 Å². The minimum atomic E-state index is -0.445. The second-order valence-corrected chi connectivity index (χ2v) is 6.21. The number of nitrogens with zero attached hydrogens (tertiary/aromatic N) is 3. The van der Waals surface area contributed by atoms with E-state index in [1.54, 1.807) is 29.2 Å². The maximum Gasteiger partial charge on any atom is 0.274 e. The molecule has 0 bridgehead atoms. The normalized spacial score (nSPS) is 13.7. The third-order valence-corrected chi connectivity index (χ3v) is 4.12. The second kappa shape index (κ2) is 7.48. The Bertz CT molecular complexity index is 859. The SMILES string of the molecule is O=C(Cn1nc(C(=O)N2CCCC2)ccc1=O)Nc1cccc(Cl)c1. The van der Waals surface area contributed by atoms with E-state index in [0.717, 1.165) is 17.5 Å². The van der Waals surface area contributed by atoms with Gasteiger partial charge in [0, 0.05) is 29.9 Å². The van der Waals surface area contributed by atoms with Gasteiger partial charge in [-0.15, -0.1) is 0 Å². The molecule has 1 N–H and O–H groups in total. The van der Waals surface area contributed by atoms with Crippen LogP contribution in [0, 0.1) is 0 Å². The summed E-state index contributed by atoms with van der Waals surface area (Å²) < 4.78 is 0.989. The third kappa shape index (κ3) is 4.24. The van der Waals surface area contributed by atoms with Crippen molar-refractivity contribution in [1.82, 2.24) is 14.7 Å². The van der Waals surface area contributed by atoms with Gasteiger partial charge < -0.3 is 10.2 Å². The van der Waals surface area contributed by atoms with Gasteiger partial charge in [0.05, 0.1) is 0 Å². The lowest BCUT2D eigenvalue weighted by molar-refractivity contribution is -0.117. The molecule has 7 nitrogen and oxygen atoms in total. The quantitative estimate of drug-likeness (QED) is 0.900. The number of halogens is 1. The Balaban J connectivity index is 1.73. The monoisotopic (exact) mass is 360 g/mol. The van der Waals surface area contributed by atoms with E-state index < -0.39 is 11.5 Å². The molecular formula is C17H17ClN4O3. The molecule has 130 valence electrons. The van der Waals surface area contributed by atoms with Crippen molar-refractivity contribution in [2.75, 3.05) is 18.4 Å². The van der Waals surface area contributed by atoms with Crippen molar-refractivity contribution >= 4 is 29.1 Å². The summed E-state index contributed by atoms with van der Waals surface area (Å²) in [4.78, 5) is 38.1. The lowest BCUT2D eigenvalue weighted by atomic mass is 10.3. The van der Waals surface area contributed by atoms with Crippen LogP contribution in [0.3, 0.4) is 0 Å². The van der Waals surface area contributed by atoms with Gasteiger partial charge in [0.25, 0.3) is 11.5 Å². The summed E-state index contributed by atoms with van der Waals surface area (Å²) in [5.74, 6) is -0.649. The number of carbonyl (C=O) groups is 2. The van der Waals surface area contributed by atoms with E-state index in [9.17, 15) is 14.4 Å². The number of hydrogen-bond donors (Lipinski definition) is 1. The van der Waals surface area contributed by atoms with E-state index in [1.807, 2.05) is 0 Å². The molecule has 2 aromatic rings. The van der Waals surface area contributed by atoms with E-state index in [1.165, 1.54) is 12.1 Å². The van der Waals surface area contributed by atoms with Crippen molar-refractivity contribution in [3.8, 4) is 0 Å². The fourth-order valence-corrected chi connectivity index (χ4v) is 2.85. The predicted octanol–water partition coefficient (Wildman–Crippen LogP) is 1.77. The minimum absolute atomic E-state index is 0.164. The number of carbonyl (C=O) groups excluding carboxylic acids is 2. The topological polar surface area (TPSA) is 84.3 Å². The fourth-order valence-electron chi connectivity index (χ4n) is 2.66. The maximum atomic E-state index is 12.4. The van der Waals surface area contributed by atoms with E-state index in [0.29, 0.717) is 23.8 Å². The van der Waals surface area contributed by atoms with Crippen LogP contribution in [0.5, 0.6) is 0 Å². The number of rotatable bonds is 4. The molecule has 0 aliphatic carbocycles. The molecule has 0 unspecified atom stereocenters. The maximum absolute atomic E-state index is 12.4. The van der Waals surface area contributed by atoms with Crippen molar-refractivity contribution in [3.63, 3.8) is 0 Å². The van der Waals surface area contributed by atoms with Crippen LogP contribution in [-0.2, 0) is 11.3 Å². The summed E-state index contributed by atoms with van der Waals surface area (Å²) in [6.07, 6.45) is 1.93. The van der Waals surface area contributed by atoms with Gasteiger partial charge in [0.2, 0.25) is 5.91 Å². The number of nitrogens with one attached hydrogen (secondary N) is 1. The number of benzene rings is 1. The van der Waals surface area contributed by atoms with E-state index in [-0.39, 0.29) is 18.1 Å². The van der Waals surface area contributed by atoms with E-state index in [2.05, 4.69) is 10.4 Å². The summed E-state index contributed by atoms with van der Waals surface area (Å²) in [5, 5.41) is 7.18.